The molecule has 4 rings (SSSR count). The second kappa shape index (κ2) is 8.06. The smallest absolute Gasteiger partial charge is 0.332 e. The maximum Gasteiger partial charge on any atom is 0.501 e. The summed E-state index contributed by atoms with van der Waals surface area (Å²) in [5.74, 6) is 0.200. The number of sulfone groups is 1. The minimum Gasteiger partial charge on any atom is -0.332 e. The lowest BCUT2D eigenvalue weighted by molar-refractivity contribution is -0.0436. The number of hydrogen-bond donors (Lipinski definition) is 0. The lowest BCUT2D eigenvalue weighted by Crippen LogP contribution is -2.23. The zero-order valence-electron chi connectivity index (χ0n) is 16.3. The number of nitrogens with zero attached hydrogens (tertiary/aromatic N) is 4. The summed E-state index contributed by atoms with van der Waals surface area (Å²) >= 11 is 5.90. The Kier molecular flexibility index (Phi) is 5.55. The predicted molar refractivity (Wildman–Crippen MR) is 109 cm³/mol. The summed E-state index contributed by atoms with van der Waals surface area (Å²) in [6.45, 7) is 2.36. The van der Waals surface area contributed by atoms with E-state index in [1.165, 1.54) is 12.1 Å². The molecule has 0 saturated carbocycles. The fourth-order valence-electron chi connectivity index (χ4n) is 2.90. The standard InChI is InChI=1S/C20H14ClF3N4O3S/c1-12-10-17(26-28(12)11-13-2-6-15(21)7-3-13)19-25-18(27-31-19)14-4-8-16(9-5-14)32(29,30)20(22,23)24/h2-10H,11H2,1H3. The molecular weight excluding hydrogens is 469 g/mol. The van der Waals surface area contributed by atoms with Crippen molar-refractivity contribution in [3.63, 3.8) is 0 Å². The van der Waals surface area contributed by atoms with Crippen LogP contribution in [0, 0.1) is 6.92 Å². The highest BCUT2D eigenvalue weighted by Gasteiger charge is 2.46. The van der Waals surface area contributed by atoms with Crippen molar-refractivity contribution in [1.82, 2.24) is 19.9 Å². The Morgan fingerprint density at radius 2 is 1.72 bits per heavy atom. The molecule has 0 spiro atoms. The highest BCUT2D eigenvalue weighted by Crippen LogP contribution is 2.31. The molecule has 2 aromatic heterocycles. The van der Waals surface area contributed by atoms with Gasteiger partial charge in [-0.05, 0) is 55.0 Å². The second-order valence-corrected chi connectivity index (χ2v) is 9.23. The van der Waals surface area contributed by atoms with Crippen LogP contribution >= 0.6 is 11.6 Å². The zero-order chi connectivity index (χ0) is 23.1. The van der Waals surface area contributed by atoms with Crippen LogP contribution in [-0.2, 0) is 16.4 Å². The molecule has 0 bridgehead atoms. The molecule has 166 valence electrons. The molecule has 0 aliphatic carbocycles. The lowest BCUT2D eigenvalue weighted by Gasteiger charge is -2.07. The normalized spacial score (nSPS) is 12.3. The van der Waals surface area contributed by atoms with Gasteiger partial charge in [-0.2, -0.15) is 23.3 Å². The third-order valence-corrected chi connectivity index (χ3v) is 6.35. The molecule has 0 saturated heterocycles. The Labute approximate surface area is 185 Å². The van der Waals surface area contributed by atoms with Gasteiger partial charge in [0.25, 0.3) is 15.7 Å². The summed E-state index contributed by atoms with van der Waals surface area (Å²) in [5.41, 5.74) is -2.83. The highest BCUT2D eigenvalue weighted by molar-refractivity contribution is 7.92. The molecule has 0 radical (unpaired) electrons. The SMILES string of the molecule is Cc1cc(-c2nc(-c3ccc(S(=O)(=O)C(F)(F)F)cc3)no2)nn1Cc1ccc(Cl)cc1. The van der Waals surface area contributed by atoms with E-state index in [-0.39, 0.29) is 11.7 Å². The summed E-state index contributed by atoms with van der Waals surface area (Å²) < 4.78 is 68.0. The first kappa shape index (κ1) is 22.0. The fourth-order valence-corrected chi connectivity index (χ4v) is 3.79. The maximum absolute atomic E-state index is 12.7. The first-order valence-electron chi connectivity index (χ1n) is 9.09. The van der Waals surface area contributed by atoms with Crippen LogP contribution in [-0.4, -0.2) is 33.8 Å². The Bertz CT molecular complexity index is 1360. The van der Waals surface area contributed by atoms with Crippen LogP contribution in [0.2, 0.25) is 5.02 Å². The molecule has 0 amide bonds. The van der Waals surface area contributed by atoms with Crippen molar-refractivity contribution in [3.8, 4) is 23.0 Å². The van der Waals surface area contributed by atoms with Gasteiger partial charge in [-0.1, -0.05) is 28.9 Å². The highest BCUT2D eigenvalue weighted by atomic mass is 35.5. The maximum atomic E-state index is 12.7. The number of rotatable bonds is 5. The molecule has 0 unspecified atom stereocenters. The van der Waals surface area contributed by atoms with E-state index in [1.54, 1.807) is 22.9 Å². The third-order valence-electron chi connectivity index (χ3n) is 4.60. The summed E-state index contributed by atoms with van der Waals surface area (Å²) in [5, 5.41) is 8.91. The molecule has 2 heterocycles. The van der Waals surface area contributed by atoms with Crippen LogP contribution in [0.15, 0.2) is 64.0 Å². The zero-order valence-corrected chi connectivity index (χ0v) is 17.9. The molecule has 0 atom stereocenters. The minimum absolute atomic E-state index is 0.0841. The third kappa shape index (κ3) is 4.26. The van der Waals surface area contributed by atoms with Crippen molar-refractivity contribution >= 4 is 21.4 Å². The van der Waals surface area contributed by atoms with Gasteiger partial charge in [0.05, 0.1) is 11.4 Å². The molecule has 2 aromatic carbocycles. The Balaban J connectivity index is 1.56. The second-order valence-electron chi connectivity index (χ2n) is 6.85. The van der Waals surface area contributed by atoms with Crippen LogP contribution in [0.25, 0.3) is 23.0 Å². The van der Waals surface area contributed by atoms with E-state index >= 15 is 0 Å². The number of benzene rings is 2. The van der Waals surface area contributed by atoms with E-state index in [9.17, 15) is 21.6 Å². The summed E-state index contributed by atoms with van der Waals surface area (Å²) in [7, 11) is -5.43. The molecule has 0 fully saturated rings. The molecule has 0 N–H and O–H groups in total. The van der Waals surface area contributed by atoms with Crippen molar-refractivity contribution in [1.29, 1.82) is 0 Å². The van der Waals surface area contributed by atoms with Gasteiger partial charge in [-0.15, -0.1) is 0 Å². The van der Waals surface area contributed by atoms with Crippen LogP contribution in [0.3, 0.4) is 0 Å². The number of hydrogen-bond acceptors (Lipinski definition) is 6. The number of aryl methyl sites for hydroxylation is 1. The van der Waals surface area contributed by atoms with E-state index in [1.807, 2.05) is 19.1 Å². The molecule has 0 aliphatic heterocycles. The summed E-state index contributed by atoms with van der Waals surface area (Å²) in [4.78, 5) is 3.36. The largest absolute Gasteiger partial charge is 0.501 e. The molecule has 0 aliphatic rings. The topological polar surface area (TPSA) is 90.9 Å². The molecular formula is C20H14ClF3N4O3S. The number of aromatic nitrogens is 4. The van der Waals surface area contributed by atoms with Crippen molar-refractivity contribution in [2.24, 2.45) is 0 Å². The van der Waals surface area contributed by atoms with Crippen molar-refractivity contribution < 1.29 is 26.1 Å². The molecule has 7 nitrogen and oxygen atoms in total. The van der Waals surface area contributed by atoms with Gasteiger partial charge in [-0.3, -0.25) is 4.68 Å². The van der Waals surface area contributed by atoms with Crippen LogP contribution < -0.4 is 0 Å². The average Bonchev–Trinajstić information content (AvgIpc) is 3.36. The van der Waals surface area contributed by atoms with Crippen molar-refractivity contribution in [3.05, 3.63) is 70.9 Å². The molecule has 32 heavy (non-hydrogen) atoms. The van der Waals surface area contributed by atoms with Crippen LogP contribution in [0.5, 0.6) is 0 Å². The van der Waals surface area contributed by atoms with Crippen LogP contribution in [0.1, 0.15) is 11.3 Å². The van der Waals surface area contributed by atoms with Gasteiger partial charge in [0.15, 0.2) is 5.69 Å². The average molecular weight is 483 g/mol. The van der Waals surface area contributed by atoms with Crippen LogP contribution in [0.4, 0.5) is 13.2 Å². The Hall–Kier alpha value is -3.18. The predicted octanol–water partition coefficient (Wildman–Crippen LogP) is 4.90. The Morgan fingerprint density at radius 3 is 2.34 bits per heavy atom. The van der Waals surface area contributed by atoms with Crippen molar-refractivity contribution in [2.75, 3.05) is 0 Å². The van der Waals surface area contributed by atoms with Gasteiger partial charge < -0.3 is 4.52 Å². The van der Waals surface area contributed by atoms with Gasteiger partial charge in [0, 0.05) is 16.3 Å². The van der Waals surface area contributed by atoms with E-state index in [4.69, 9.17) is 16.1 Å². The van der Waals surface area contributed by atoms with E-state index in [0.717, 1.165) is 23.4 Å². The Morgan fingerprint density at radius 1 is 1.06 bits per heavy atom. The van der Waals surface area contributed by atoms with E-state index < -0.39 is 20.2 Å². The fraction of sp³-hybridized carbons (Fsp3) is 0.150. The summed E-state index contributed by atoms with van der Waals surface area (Å²) in [6, 6.07) is 13.1. The number of alkyl halides is 3. The minimum atomic E-state index is -5.43. The quantitative estimate of drug-likeness (QED) is 0.401. The molecule has 12 heteroatoms. The van der Waals surface area contributed by atoms with Gasteiger partial charge in [-0.25, -0.2) is 8.42 Å². The van der Waals surface area contributed by atoms with E-state index in [2.05, 4.69) is 15.2 Å². The first-order valence-corrected chi connectivity index (χ1v) is 11.0. The lowest BCUT2D eigenvalue weighted by atomic mass is 10.2. The summed E-state index contributed by atoms with van der Waals surface area (Å²) in [6.07, 6.45) is 0. The van der Waals surface area contributed by atoms with Gasteiger partial charge >= 0.3 is 5.51 Å². The number of halogens is 4. The molecule has 4 aromatic rings. The van der Waals surface area contributed by atoms with Crippen molar-refractivity contribution in [2.45, 2.75) is 23.9 Å². The van der Waals surface area contributed by atoms with Gasteiger partial charge in [0.2, 0.25) is 5.82 Å². The first-order chi connectivity index (χ1) is 15.0. The van der Waals surface area contributed by atoms with Gasteiger partial charge in [0.1, 0.15) is 0 Å². The van der Waals surface area contributed by atoms with E-state index in [0.29, 0.717) is 22.8 Å². The monoisotopic (exact) mass is 482 g/mol.